The summed E-state index contributed by atoms with van der Waals surface area (Å²) >= 11 is 6.10. The van der Waals surface area contributed by atoms with Crippen LogP contribution in [-0.2, 0) is 33.8 Å². The van der Waals surface area contributed by atoms with E-state index in [9.17, 15) is 23.2 Å². The second-order valence-electron chi connectivity index (χ2n) is 17.3. The number of fused-ring (bicyclic) bond motifs is 2. The molecule has 0 radical (unpaired) electrons. The number of piperazine rings is 1. The fraction of sp³-hybridized carbons (Fsp3) is 0.438. The molecule has 5 aromatic rings. The van der Waals surface area contributed by atoms with E-state index in [4.69, 9.17) is 21.3 Å². The van der Waals surface area contributed by atoms with Crippen LogP contribution >= 0.6 is 11.6 Å². The van der Waals surface area contributed by atoms with E-state index in [0.717, 1.165) is 80.7 Å². The first-order valence-corrected chi connectivity index (χ1v) is 22.7. The normalized spacial score (nSPS) is 18.9. The van der Waals surface area contributed by atoms with Gasteiger partial charge < -0.3 is 24.4 Å². The number of benzene rings is 3. The van der Waals surface area contributed by atoms with E-state index >= 15 is 0 Å². The Morgan fingerprint density at radius 2 is 1.65 bits per heavy atom. The molecule has 3 aromatic carbocycles. The van der Waals surface area contributed by atoms with Gasteiger partial charge in [-0.2, -0.15) is 4.98 Å². The van der Waals surface area contributed by atoms with Crippen molar-refractivity contribution in [2.45, 2.75) is 89.4 Å². The number of nitrogens with zero attached hydrogens (tertiary/aromatic N) is 6. The number of aromatic nitrogens is 3. The van der Waals surface area contributed by atoms with E-state index in [-0.39, 0.29) is 36.8 Å². The molecular weight excluding hydrogens is 826 g/mol. The number of aryl methyl sites for hydroxylation is 1. The van der Waals surface area contributed by atoms with Crippen molar-refractivity contribution in [3.8, 4) is 11.1 Å². The lowest BCUT2D eigenvalue weighted by Crippen LogP contribution is -2.52. The van der Waals surface area contributed by atoms with Crippen molar-refractivity contribution in [1.82, 2.24) is 34.6 Å². The summed E-state index contributed by atoms with van der Waals surface area (Å²) in [6.45, 7) is 7.25. The Hall–Kier alpha value is -5.28. The van der Waals surface area contributed by atoms with Crippen LogP contribution < -0.4 is 10.6 Å². The predicted octanol–water partition coefficient (Wildman–Crippen LogP) is 8.20. The van der Waals surface area contributed by atoms with E-state index in [0.29, 0.717) is 59.9 Å². The molecule has 12 nitrogen and oxygen atoms in total. The first kappa shape index (κ1) is 43.0. The van der Waals surface area contributed by atoms with Gasteiger partial charge in [0.25, 0.3) is 5.91 Å². The van der Waals surface area contributed by atoms with Crippen molar-refractivity contribution in [3.05, 3.63) is 106 Å². The SMILES string of the molecule is O=C1CCC(N2Cc3cc(CCCOCCCN4CCN(Cc5ccc(-c6cn(C7CCCCC7)c7nc(Nc8cc(F)cc(Cl)c8)ncc67)cc5)CC4)c(F)cc3C2=O)C(=O)N1. The molecule has 1 unspecified atom stereocenters. The Kier molecular flexibility index (Phi) is 13.1. The number of carbonyl (C=O) groups is 3. The van der Waals surface area contributed by atoms with Crippen molar-refractivity contribution in [2.75, 3.05) is 51.3 Å². The highest BCUT2D eigenvalue weighted by atomic mass is 35.5. The molecule has 3 fully saturated rings. The van der Waals surface area contributed by atoms with Crippen LogP contribution in [0.1, 0.15) is 90.9 Å². The third kappa shape index (κ3) is 9.94. The molecule has 1 saturated carbocycles. The summed E-state index contributed by atoms with van der Waals surface area (Å²) in [4.78, 5) is 52.9. The fourth-order valence-corrected chi connectivity index (χ4v) is 9.84. The second kappa shape index (κ2) is 19.2. The van der Waals surface area contributed by atoms with Crippen LogP contribution in [0.4, 0.5) is 20.4 Å². The molecule has 9 rings (SSSR count). The number of halogens is 3. The summed E-state index contributed by atoms with van der Waals surface area (Å²) in [7, 11) is 0. The number of imide groups is 1. The third-order valence-corrected chi connectivity index (χ3v) is 13.2. The summed E-state index contributed by atoms with van der Waals surface area (Å²) in [5.74, 6) is -1.63. The molecule has 2 saturated heterocycles. The van der Waals surface area contributed by atoms with E-state index in [1.54, 1.807) is 12.1 Å². The molecular formula is C48H53ClF2N8O4. The number of hydrogen-bond acceptors (Lipinski definition) is 9. The minimum Gasteiger partial charge on any atom is -0.381 e. The average molecular weight is 879 g/mol. The van der Waals surface area contributed by atoms with Gasteiger partial charge in [-0.1, -0.05) is 61.2 Å². The number of rotatable bonds is 15. The number of nitrogens with one attached hydrogen (secondary N) is 2. The van der Waals surface area contributed by atoms with Gasteiger partial charge in [-0.3, -0.25) is 24.6 Å². The Bertz CT molecular complexity index is 2460. The molecule has 0 bridgehead atoms. The Morgan fingerprint density at radius 3 is 2.43 bits per heavy atom. The quantitative estimate of drug-likeness (QED) is 0.0792. The summed E-state index contributed by atoms with van der Waals surface area (Å²) in [5, 5.41) is 6.74. The van der Waals surface area contributed by atoms with Crippen molar-refractivity contribution in [1.29, 1.82) is 0 Å². The van der Waals surface area contributed by atoms with Gasteiger partial charge in [0.2, 0.25) is 17.8 Å². The molecule has 2 aromatic heterocycles. The van der Waals surface area contributed by atoms with Crippen LogP contribution in [0.5, 0.6) is 0 Å². The summed E-state index contributed by atoms with van der Waals surface area (Å²) in [6, 6.07) is 15.9. The molecule has 1 aliphatic carbocycles. The van der Waals surface area contributed by atoms with Gasteiger partial charge in [0.15, 0.2) is 0 Å². The summed E-state index contributed by atoms with van der Waals surface area (Å²) in [6.07, 6.45) is 12.5. The van der Waals surface area contributed by atoms with Gasteiger partial charge in [-0.15, -0.1) is 0 Å². The lowest BCUT2D eigenvalue weighted by Gasteiger charge is -2.34. The highest BCUT2D eigenvalue weighted by Gasteiger charge is 2.39. The van der Waals surface area contributed by atoms with E-state index in [2.05, 4.69) is 60.4 Å². The molecule has 330 valence electrons. The molecule has 63 heavy (non-hydrogen) atoms. The maximum atomic E-state index is 15.0. The molecule has 5 heterocycles. The second-order valence-corrected chi connectivity index (χ2v) is 17.8. The minimum absolute atomic E-state index is 0.179. The number of ether oxygens (including phenoxy) is 1. The lowest BCUT2D eigenvalue weighted by molar-refractivity contribution is -0.136. The average Bonchev–Trinajstić information content (AvgIpc) is 3.80. The zero-order valence-corrected chi connectivity index (χ0v) is 36.1. The molecule has 3 aliphatic heterocycles. The van der Waals surface area contributed by atoms with Crippen LogP contribution in [0.15, 0.2) is 67.0 Å². The fourth-order valence-electron chi connectivity index (χ4n) is 9.62. The highest BCUT2D eigenvalue weighted by Crippen LogP contribution is 2.37. The first-order valence-electron chi connectivity index (χ1n) is 22.3. The van der Waals surface area contributed by atoms with Gasteiger partial charge >= 0.3 is 0 Å². The van der Waals surface area contributed by atoms with Crippen LogP contribution in [0.25, 0.3) is 22.2 Å². The van der Waals surface area contributed by atoms with E-state index in [1.807, 2.05) is 6.20 Å². The lowest BCUT2D eigenvalue weighted by atomic mass is 9.95. The zero-order valence-electron chi connectivity index (χ0n) is 35.4. The van der Waals surface area contributed by atoms with Gasteiger partial charge in [-0.05, 0) is 85.0 Å². The van der Waals surface area contributed by atoms with Gasteiger partial charge in [0.1, 0.15) is 23.3 Å². The predicted molar refractivity (Wildman–Crippen MR) is 238 cm³/mol. The number of amides is 3. The minimum atomic E-state index is -0.719. The highest BCUT2D eigenvalue weighted by molar-refractivity contribution is 6.30. The smallest absolute Gasteiger partial charge is 0.255 e. The molecule has 3 amide bonds. The molecule has 0 spiro atoms. The van der Waals surface area contributed by atoms with Crippen molar-refractivity contribution >= 4 is 52.0 Å². The summed E-state index contributed by atoms with van der Waals surface area (Å²) in [5.41, 5.74) is 6.41. The Balaban J connectivity index is 0.715. The molecule has 2 N–H and O–H groups in total. The van der Waals surface area contributed by atoms with E-state index < -0.39 is 23.6 Å². The zero-order chi connectivity index (χ0) is 43.5. The van der Waals surface area contributed by atoms with Gasteiger partial charge in [0, 0.05) is 111 Å². The molecule has 4 aliphatic rings. The van der Waals surface area contributed by atoms with Crippen molar-refractivity contribution < 1.29 is 27.9 Å². The van der Waals surface area contributed by atoms with Crippen molar-refractivity contribution in [2.24, 2.45) is 0 Å². The number of anilines is 2. The maximum Gasteiger partial charge on any atom is 0.255 e. The van der Waals surface area contributed by atoms with Crippen LogP contribution in [0.2, 0.25) is 5.02 Å². The molecule has 1 atom stereocenters. The standard InChI is InChI=1S/C48H53ClF2N8O4/c49-35-23-36(50)25-37(24-35)53-48-52-27-40-41(30-58(45(40)55-48)38-7-2-1-3-8-38)32-11-9-31(10-12-32)28-57-18-16-56(17-19-57)15-5-21-63-20-4-6-33-22-34-29-59(47(62)39(34)26-42(33)51)43-13-14-44(60)54-46(43)61/h9-12,22-27,30,38,43H,1-8,13-21,28-29H2,(H,52,53,55)(H,54,60,61). The number of piperidine rings is 1. The number of carbonyl (C=O) groups excluding carboxylic acids is 3. The van der Waals surface area contributed by atoms with Gasteiger partial charge in [-0.25, -0.2) is 13.8 Å². The number of hydrogen-bond donors (Lipinski definition) is 2. The Morgan fingerprint density at radius 1 is 0.873 bits per heavy atom. The van der Waals surface area contributed by atoms with Gasteiger partial charge in [0.05, 0.1) is 0 Å². The van der Waals surface area contributed by atoms with Crippen LogP contribution in [0, 0.1) is 11.6 Å². The van der Waals surface area contributed by atoms with Crippen LogP contribution in [-0.4, -0.2) is 98.9 Å². The monoisotopic (exact) mass is 878 g/mol. The first-order chi connectivity index (χ1) is 30.6. The Labute approximate surface area is 370 Å². The maximum absolute atomic E-state index is 15.0. The topological polar surface area (TPSA) is 125 Å². The molecule has 15 heteroatoms. The summed E-state index contributed by atoms with van der Waals surface area (Å²) < 4.78 is 37.3. The van der Waals surface area contributed by atoms with Crippen molar-refractivity contribution in [3.63, 3.8) is 0 Å². The van der Waals surface area contributed by atoms with E-state index in [1.165, 1.54) is 47.9 Å². The third-order valence-electron chi connectivity index (χ3n) is 13.0. The van der Waals surface area contributed by atoms with Crippen LogP contribution in [0.3, 0.4) is 0 Å². The largest absolute Gasteiger partial charge is 0.381 e.